The number of thiazole rings is 1. The molecule has 1 heterocycles. The van der Waals surface area contributed by atoms with Crippen LogP contribution < -0.4 is 5.32 Å². The van der Waals surface area contributed by atoms with Crippen LogP contribution in [0.2, 0.25) is 0 Å². The molecule has 1 N–H and O–H groups in total. The Bertz CT molecular complexity index is 307. The molecule has 4 nitrogen and oxygen atoms in total. The van der Waals surface area contributed by atoms with Crippen LogP contribution in [0.1, 0.15) is 23.3 Å². The van der Waals surface area contributed by atoms with Gasteiger partial charge >= 0.3 is 0 Å². The lowest BCUT2D eigenvalue weighted by atomic mass is 9.89. The van der Waals surface area contributed by atoms with E-state index in [2.05, 4.69) is 10.3 Å². The van der Waals surface area contributed by atoms with E-state index in [1.807, 2.05) is 0 Å². The highest BCUT2D eigenvalue weighted by atomic mass is 32.1. The van der Waals surface area contributed by atoms with Crippen LogP contribution in [-0.4, -0.2) is 30.1 Å². The number of rotatable bonds is 3. The van der Waals surface area contributed by atoms with Gasteiger partial charge in [0.25, 0.3) is 5.91 Å². The summed E-state index contributed by atoms with van der Waals surface area (Å²) in [5.74, 6) is -0.0780. The maximum atomic E-state index is 11.5. The number of aromatic nitrogens is 1. The predicted octanol–water partition coefficient (Wildman–Crippen LogP) is 1.05. The second-order valence-electron chi connectivity index (χ2n) is 3.37. The standard InChI is InChI=1S/C9H12N2O2S/c1-13-7-2-6(3-7)11-9(12)8-4-14-5-10-8/h4-7H,2-3H2,1H3,(H,11,12). The quantitative estimate of drug-likeness (QED) is 0.814. The molecule has 1 fully saturated rings. The fraction of sp³-hybridized carbons (Fsp3) is 0.556. The van der Waals surface area contributed by atoms with E-state index in [0.717, 1.165) is 12.8 Å². The van der Waals surface area contributed by atoms with Crippen LogP contribution in [0.3, 0.4) is 0 Å². The average molecular weight is 212 g/mol. The van der Waals surface area contributed by atoms with Crippen LogP contribution >= 0.6 is 11.3 Å². The van der Waals surface area contributed by atoms with Gasteiger partial charge in [-0.05, 0) is 12.8 Å². The van der Waals surface area contributed by atoms with Gasteiger partial charge in [0, 0.05) is 18.5 Å². The van der Waals surface area contributed by atoms with E-state index in [1.165, 1.54) is 11.3 Å². The van der Waals surface area contributed by atoms with Crippen LogP contribution in [0, 0.1) is 0 Å². The normalized spacial score (nSPS) is 25.5. The smallest absolute Gasteiger partial charge is 0.270 e. The molecule has 1 aromatic rings. The average Bonchev–Trinajstić information content (AvgIpc) is 2.62. The molecule has 0 aromatic carbocycles. The zero-order chi connectivity index (χ0) is 9.97. The number of amides is 1. The SMILES string of the molecule is COC1CC(NC(=O)c2cscn2)C1. The molecule has 1 aliphatic rings. The lowest BCUT2D eigenvalue weighted by Crippen LogP contribution is -2.47. The largest absolute Gasteiger partial charge is 0.381 e. The van der Waals surface area contributed by atoms with Crippen molar-refractivity contribution < 1.29 is 9.53 Å². The van der Waals surface area contributed by atoms with E-state index in [-0.39, 0.29) is 11.9 Å². The summed E-state index contributed by atoms with van der Waals surface area (Å²) in [7, 11) is 1.70. The lowest BCUT2D eigenvalue weighted by molar-refractivity contribution is 0.0175. The third-order valence-electron chi connectivity index (χ3n) is 2.43. The van der Waals surface area contributed by atoms with Gasteiger partial charge in [-0.1, -0.05) is 0 Å². The molecule has 0 bridgehead atoms. The van der Waals surface area contributed by atoms with Gasteiger partial charge in [-0.25, -0.2) is 4.98 Å². The monoisotopic (exact) mass is 212 g/mol. The first kappa shape index (κ1) is 9.61. The first-order valence-corrected chi connectivity index (χ1v) is 5.45. The number of hydrogen-bond acceptors (Lipinski definition) is 4. The van der Waals surface area contributed by atoms with Gasteiger partial charge in [0.1, 0.15) is 5.69 Å². The third kappa shape index (κ3) is 1.93. The molecule has 0 spiro atoms. The molecule has 0 aliphatic heterocycles. The molecule has 0 unspecified atom stereocenters. The van der Waals surface area contributed by atoms with E-state index >= 15 is 0 Å². The van der Waals surface area contributed by atoms with Crippen molar-refractivity contribution in [2.24, 2.45) is 0 Å². The van der Waals surface area contributed by atoms with Crippen molar-refractivity contribution in [3.63, 3.8) is 0 Å². The van der Waals surface area contributed by atoms with Gasteiger partial charge in [-0.2, -0.15) is 0 Å². The van der Waals surface area contributed by atoms with E-state index in [9.17, 15) is 4.79 Å². The number of nitrogens with zero attached hydrogens (tertiary/aromatic N) is 1. The minimum Gasteiger partial charge on any atom is -0.381 e. The Morgan fingerprint density at radius 2 is 2.50 bits per heavy atom. The molecule has 0 atom stereocenters. The lowest BCUT2D eigenvalue weighted by Gasteiger charge is -2.34. The minimum absolute atomic E-state index is 0.0780. The molecule has 0 radical (unpaired) electrons. The number of carbonyl (C=O) groups excluding carboxylic acids is 1. The molecule has 1 aliphatic carbocycles. The van der Waals surface area contributed by atoms with Crippen molar-refractivity contribution in [1.29, 1.82) is 0 Å². The van der Waals surface area contributed by atoms with Crippen molar-refractivity contribution in [3.8, 4) is 0 Å². The molecule has 5 heteroatoms. The number of nitrogens with one attached hydrogen (secondary N) is 1. The van der Waals surface area contributed by atoms with Crippen molar-refractivity contribution in [2.45, 2.75) is 25.0 Å². The molecular weight excluding hydrogens is 200 g/mol. The summed E-state index contributed by atoms with van der Waals surface area (Å²) in [6, 6.07) is 0.258. The number of ether oxygens (including phenoxy) is 1. The highest BCUT2D eigenvalue weighted by Gasteiger charge is 2.30. The fourth-order valence-corrected chi connectivity index (χ4v) is 1.99. The van der Waals surface area contributed by atoms with Gasteiger partial charge in [-0.15, -0.1) is 11.3 Å². The van der Waals surface area contributed by atoms with Crippen LogP contribution in [0.25, 0.3) is 0 Å². The molecule has 14 heavy (non-hydrogen) atoms. The van der Waals surface area contributed by atoms with Crippen molar-refractivity contribution in [3.05, 3.63) is 16.6 Å². The van der Waals surface area contributed by atoms with Gasteiger partial charge in [-0.3, -0.25) is 4.79 Å². The fourth-order valence-electron chi connectivity index (χ4n) is 1.46. The summed E-state index contributed by atoms with van der Waals surface area (Å²) in [5, 5.41) is 4.66. The predicted molar refractivity (Wildman–Crippen MR) is 53.4 cm³/mol. The topological polar surface area (TPSA) is 51.2 Å². The van der Waals surface area contributed by atoms with Gasteiger partial charge < -0.3 is 10.1 Å². The second-order valence-corrected chi connectivity index (χ2v) is 4.09. The Morgan fingerprint density at radius 3 is 3.07 bits per heavy atom. The second kappa shape index (κ2) is 4.06. The number of methoxy groups -OCH3 is 1. The van der Waals surface area contributed by atoms with E-state index in [0.29, 0.717) is 11.8 Å². The Hall–Kier alpha value is -0.940. The van der Waals surface area contributed by atoms with Gasteiger partial charge in [0.05, 0.1) is 11.6 Å². The maximum Gasteiger partial charge on any atom is 0.270 e. The molecule has 1 aromatic heterocycles. The van der Waals surface area contributed by atoms with E-state index in [1.54, 1.807) is 18.0 Å². The molecular formula is C9H12N2O2S. The number of hydrogen-bond donors (Lipinski definition) is 1. The zero-order valence-corrected chi connectivity index (χ0v) is 8.71. The first-order chi connectivity index (χ1) is 6.79. The van der Waals surface area contributed by atoms with E-state index in [4.69, 9.17) is 4.74 Å². The summed E-state index contributed by atoms with van der Waals surface area (Å²) >= 11 is 1.43. The first-order valence-electron chi connectivity index (χ1n) is 4.51. The Labute approximate surface area is 86.3 Å². The Kier molecular flexibility index (Phi) is 2.79. The number of carbonyl (C=O) groups is 1. The zero-order valence-electron chi connectivity index (χ0n) is 7.90. The highest BCUT2D eigenvalue weighted by Crippen LogP contribution is 2.22. The minimum atomic E-state index is -0.0780. The van der Waals surface area contributed by atoms with Crippen LogP contribution in [0.4, 0.5) is 0 Å². The summed E-state index contributed by atoms with van der Waals surface area (Å²) < 4.78 is 5.12. The summed E-state index contributed by atoms with van der Waals surface area (Å²) in [6.45, 7) is 0. The third-order valence-corrected chi connectivity index (χ3v) is 3.01. The maximum absolute atomic E-state index is 11.5. The molecule has 76 valence electrons. The highest BCUT2D eigenvalue weighted by molar-refractivity contribution is 7.07. The summed E-state index contributed by atoms with van der Waals surface area (Å²) in [6.07, 6.45) is 2.13. The van der Waals surface area contributed by atoms with Crippen LogP contribution in [0.5, 0.6) is 0 Å². The van der Waals surface area contributed by atoms with Crippen molar-refractivity contribution in [1.82, 2.24) is 10.3 Å². The molecule has 1 amide bonds. The van der Waals surface area contributed by atoms with Crippen LogP contribution in [0.15, 0.2) is 10.9 Å². The summed E-state index contributed by atoms with van der Waals surface area (Å²) in [5.41, 5.74) is 2.17. The van der Waals surface area contributed by atoms with Crippen molar-refractivity contribution in [2.75, 3.05) is 7.11 Å². The molecule has 1 saturated carbocycles. The molecule has 0 saturated heterocycles. The van der Waals surface area contributed by atoms with Crippen LogP contribution in [-0.2, 0) is 4.74 Å². The Morgan fingerprint density at radius 1 is 1.71 bits per heavy atom. The molecule has 2 rings (SSSR count). The van der Waals surface area contributed by atoms with Crippen molar-refractivity contribution >= 4 is 17.2 Å². The van der Waals surface area contributed by atoms with Gasteiger partial charge in [0.2, 0.25) is 0 Å². The summed E-state index contributed by atoms with van der Waals surface area (Å²) in [4.78, 5) is 15.4. The van der Waals surface area contributed by atoms with Gasteiger partial charge in [0.15, 0.2) is 0 Å². The Balaban J connectivity index is 1.80. The van der Waals surface area contributed by atoms with E-state index < -0.39 is 0 Å².